The Bertz CT molecular complexity index is 979. The van der Waals surface area contributed by atoms with Gasteiger partial charge in [0.05, 0.1) is 6.10 Å². The van der Waals surface area contributed by atoms with Gasteiger partial charge >= 0.3 is 5.97 Å². The Morgan fingerprint density at radius 2 is 1.89 bits per heavy atom. The van der Waals surface area contributed by atoms with Crippen molar-refractivity contribution in [3.05, 3.63) is 29.8 Å². The average molecular weight is 532 g/mol. The third kappa shape index (κ3) is 6.75. The summed E-state index contributed by atoms with van der Waals surface area (Å²) in [6.45, 7) is 9.92. The number of ether oxygens (including phenoxy) is 2. The van der Waals surface area contributed by atoms with Crippen LogP contribution in [0.2, 0.25) is 0 Å². The first-order valence-corrected chi connectivity index (χ1v) is 14.3. The number of benzene rings is 1. The molecule has 0 bridgehead atoms. The van der Waals surface area contributed by atoms with E-state index in [0.717, 1.165) is 24.8 Å². The van der Waals surface area contributed by atoms with Gasteiger partial charge in [0.2, 0.25) is 5.79 Å². The molecule has 0 spiro atoms. The molecule has 1 aromatic carbocycles. The number of phenolic OH excluding ortho intramolecular Hbond substituents is 1. The topological polar surface area (TPSA) is 113 Å². The standard InChI is InChI=1S/C30H45NO7/c1-6-22(17-21-11-10-12-23(32)18-21)26(19(3)4)37-29(35)25-13-8-9-16-31(25)28(34)27(33)30(36)20(5)14-15-24(7-2)38-30/h10-12,18-20,22,24-26,32,36H,6-9,13-17H2,1-5H3. The summed E-state index contributed by atoms with van der Waals surface area (Å²) in [6.07, 6.45) is 4.43. The average Bonchev–Trinajstić information content (AvgIpc) is 2.91. The van der Waals surface area contributed by atoms with Crippen LogP contribution in [0.15, 0.2) is 24.3 Å². The summed E-state index contributed by atoms with van der Waals surface area (Å²) in [6, 6.07) is 6.19. The molecule has 2 fully saturated rings. The van der Waals surface area contributed by atoms with Gasteiger partial charge in [-0.1, -0.05) is 46.8 Å². The lowest BCUT2D eigenvalue weighted by molar-refractivity contribution is -0.263. The lowest BCUT2D eigenvalue weighted by Crippen LogP contribution is -2.60. The summed E-state index contributed by atoms with van der Waals surface area (Å²) in [7, 11) is 0. The van der Waals surface area contributed by atoms with Crippen molar-refractivity contribution in [2.24, 2.45) is 17.8 Å². The van der Waals surface area contributed by atoms with Gasteiger partial charge in [0, 0.05) is 12.5 Å². The summed E-state index contributed by atoms with van der Waals surface area (Å²) in [4.78, 5) is 41.6. The molecule has 0 radical (unpaired) electrons. The minimum absolute atomic E-state index is 0.0123. The minimum Gasteiger partial charge on any atom is -0.508 e. The highest BCUT2D eigenvalue weighted by molar-refractivity contribution is 6.39. The second kappa shape index (κ2) is 13.1. The Morgan fingerprint density at radius 1 is 1.16 bits per heavy atom. The molecule has 2 saturated heterocycles. The van der Waals surface area contributed by atoms with Crippen LogP contribution in [0, 0.1) is 17.8 Å². The number of carbonyl (C=O) groups excluding carboxylic acids is 3. The highest BCUT2D eigenvalue weighted by Crippen LogP contribution is 2.35. The maximum Gasteiger partial charge on any atom is 0.329 e. The summed E-state index contributed by atoms with van der Waals surface area (Å²) < 4.78 is 11.8. The SMILES string of the molecule is CCC1CCC(C)C(O)(C(=O)C(=O)N2CCCCC2C(=O)OC(C(C)C)C(CC)Cc2cccc(O)c2)O1. The number of rotatable bonds is 10. The van der Waals surface area contributed by atoms with Gasteiger partial charge in [0.15, 0.2) is 0 Å². The maximum absolute atomic E-state index is 13.5. The van der Waals surface area contributed by atoms with Crippen LogP contribution in [0.1, 0.15) is 85.1 Å². The van der Waals surface area contributed by atoms with Crippen LogP contribution in [-0.4, -0.2) is 63.4 Å². The molecule has 38 heavy (non-hydrogen) atoms. The van der Waals surface area contributed by atoms with Crippen molar-refractivity contribution >= 4 is 17.7 Å². The van der Waals surface area contributed by atoms with Gasteiger partial charge in [-0.05, 0) is 80.9 Å². The smallest absolute Gasteiger partial charge is 0.329 e. The second-order valence-corrected chi connectivity index (χ2v) is 11.4. The molecule has 8 heteroatoms. The van der Waals surface area contributed by atoms with Gasteiger partial charge in [-0.15, -0.1) is 0 Å². The number of phenols is 1. The molecule has 2 aliphatic rings. The molecule has 0 aromatic heterocycles. The third-order valence-electron chi connectivity index (χ3n) is 8.25. The zero-order valence-corrected chi connectivity index (χ0v) is 23.5. The number of ketones is 1. The van der Waals surface area contributed by atoms with Crippen LogP contribution < -0.4 is 0 Å². The lowest BCUT2D eigenvalue weighted by atomic mass is 9.85. The predicted octanol–water partition coefficient (Wildman–Crippen LogP) is 4.39. The van der Waals surface area contributed by atoms with Crippen molar-refractivity contribution < 1.29 is 34.1 Å². The third-order valence-corrected chi connectivity index (χ3v) is 8.25. The van der Waals surface area contributed by atoms with Crippen molar-refractivity contribution in [2.75, 3.05) is 6.54 Å². The van der Waals surface area contributed by atoms with Crippen molar-refractivity contribution in [2.45, 2.75) is 110 Å². The van der Waals surface area contributed by atoms with E-state index in [-0.39, 0.29) is 30.2 Å². The first-order chi connectivity index (χ1) is 18.0. The van der Waals surface area contributed by atoms with E-state index in [4.69, 9.17) is 9.47 Å². The van der Waals surface area contributed by atoms with Gasteiger partial charge in [0.25, 0.3) is 11.7 Å². The van der Waals surface area contributed by atoms with E-state index in [0.29, 0.717) is 32.1 Å². The van der Waals surface area contributed by atoms with Crippen LogP contribution in [0.3, 0.4) is 0 Å². The van der Waals surface area contributed by atoms with Crippen molar-refractivity contribution in [1.82, 2.24) is 4.90 Å². The summed E-state index contributed by atoms with van der Waals surface area (Å²) in [5.74, 6) is -4.88. The fraction of sp³-hybridized carbons (Fsp3) is 0.700. The molecule has 1 amide bonds. The van der Waals surface area contributed by atoms with Gasteiger partial charge in [-0.3, -0.25) is 9.59 Å². The molecule has 2 aliphatic heterocycles. The molecule has 6 atom stereocenters. The van der Waals surface area contributed by atoms with Crippen LogP contribution in [-0.2, 0) is 30.3 Å². The van der Waals surface area contributed by atoms with E-state index >= 15 is 0 Å². The fourth-order valence-corrected chi connectivity index (χ4v) is 5.80. The molecule has 6 unspecified atom stereocenters. The first-order valence-electron chi connectivity index (χ1n) is 14.3. The number of carbonyl (C=O) groups is 3. The van der Waals surface area contributed by atoms with E-state index in [9.17, 15) is 24.6 Å². The summed E-state index contributed by atoms with van der Waals surface area (Å²) in [5, 5.41) is 21.0. The molecule has 2 heterocycles. The molecule has 0 saturated carbocycles. The lowest BCUT2D eigenvalue weighted by Gasteiger charge is -2.42. The number of amides is 1. The van der Waals surface area contributed by atoms with Crippen molar-refractivity contribution in [3.63, 3.8) is 0 Å². The Balaban J connectivity index is 1.76. The van der Waals surface area contributed by atoms with Gasteiger partial charge < -0.3 is 24.6 Å². The maximum atomic E-state index is 13.5. The first kappa shape index (κ1) is 30.1. The summed E-state index contributed by atoms with van der Waals surface area (Å²) in [5.41, 5.74) is 0.957. The number of esters is 1. The van der Waals surface area contributed by atoms with E-state index in [1.807, 2.05) is 33.8 Å². The molecule has 1 aromatic rings. The zero-order chi connectivity index (χ0) is 28.0. The number of aromatic hydroxyl groups is 1. The molecule has 0 aliphatic carbocycles. The van der Waals surface area contributed by atoms with Crippen molar-refractivity contribution in [1.29, 1.82) is 0 Å². The number of Topliss-reactive ketones (excluding diaryl/α,β-unsaturated/α-hetero) is 1. The van der Waals surface area contributed by atoms with E-state index in [1.54, 1.807) is 25.1 Å². The zero-order valence-electron chi connectivity index (χ0n) is 23.5. The highest BCUT2D eigenvalue weighted by Gasteiger charge is 2.52. The second-order valence-electron chi connectivity index (χ2n) is 11.4. The van der Waals surface area contributed by atoms with Crippen LogP contribution in [0.4, 0.5) is 0 Å². The Labute approximate surface area is 226 Å². The normalized spacial score (nSPS) is 27.6. The minimum atomic E-state index is -2.18. The van der Waals surface area contributed by atoms with E-state index in [2.05, 4.69) is 0 Å². The summed E-state index contributed by atoms with van der Waals surface area (Å²) >= 11 is 0. The molecule has 3 rings (SSSR count). The fourth-order valence-electron chi connectivity index (χ4n) is 5.80. The molecule has 2 N–H and O–H groups in total. The van der Waals surface area contributed by atoms with E-state index < -0.39 is 41.5 Å². The van der Waals surface area contributed by atoms with Gasteiger partial charge in [-0.25, -0.2) is 4.79 Å². The largest absolute Gasteiger partial charge is 0.508 e. The Hall–Kier alpha value is -2.45. The number of hydrogen-bond acceptors (Lipinski definition) is 7. The monoisotopic (exact) mass is 531 g/mol. The number of hydrogen-bond donors (Lipinski definition) is 2. The van der Waals surface area contributed by atoms with Gasteiger partial charge in [-0.2, -0.15) is 0 Å². The van der Waals surface area contributed by atoms with E-state index in [1.165, 1.54) is 4.90 Å². The predicted molar refractivity (Wildman–Crippen MR) is 143 cm³/mol. The number of piperidine rings is 1. The molecular formula is C30H45NO7. The Kier molecular flexibility index (Phi) is 10.4. The van der Waals surface area contributed by atoms with Crippen LogP contribution >= 0.6 is 0 Å². The Morgan fingerprint density at radius 3 is 2.53 bits per heavy atom. The van der Waals surface area contributed by atoms with Crippen LogP contribution in [0.25, 0.3) is 0 Å². The molecule has 8 nitrogen and oxygen atoms in total. The molecule has 212 valence electrons. The number of aliphatic hydroxyl groups is 1. The number of likely N-dealkylation sites (tertiary alicyclic amines) is 1. The highest BCUT2D eigenvalue weighted by atomic mass is 16.6. The van der Waals surface area contributed by atoms with Gasteiger partial charge in [0.1, 0.15) is 17.9 Å². The van der Waals surface area contributed by atoms with Crippen molar-refractivity contribution in [3.8, 4) is 5.75 Å². The van der Waals surface area contributed by atoms with Crippen LogP contribution in [0.5, 0.6) is 5.75 Å². The quantitative estimate of drug-likeness (QED) is 0.340. The number of nitrogens with zero attached hydrogens (tertiary/aromatic N) is 1. The molecular weight excluding hydrogens is 486 g/mol.